The molecule has 1 aromatic carbocycles. The maximum absolute atomic E-state index is 6.07. The number of imidazole rings is 1. The summed E-state index contributed by atoms with van der Waals surface area (Å²) in [6, 6.07) is 4.21. The molecule has 0 aliphatic carbocycles. The van der Waals surface area contributed by atoms with E-state index in [-0.39, 0.29) is 0 Å². The van der Waals surface area contributed by atoms with Crippen LogP contribution in [0.3, 0.4) is 0 Å². The highest BCUT2D eigenvalue weighted by atomic mass is 16.5. The third-order valence-electron chi connectivity index (χ3n) is 3.89. The van der Waals surface area contributed by atoms with Gasteiger partial charge in [-0.15, -0.1) is 0 Å². The van der Waals surface area contributed by atoms with Gasteiger partial charge in [-0.05, 0) is 51.0 Å². The number of nitrogens with zero attached hydrogens (tertiary/aromatic N) is 3. The molecule has 104 valence electrons. The van der Waals surface area contributed by atoms with Gasteiger partial charge in [0, 0.05) is 5.56 Å². The molecule has 5 heteroatoms. The molecule has 0 spiro atoms. The van der Waals surface area contributed by atoms with E-state index >= 15 is 0 Å². The number of nitrogen functional groups attached to an aromatic ring is 1. The minimum absolute atomic E-state index is 0.519. The molecule has 3 aromatic rings. The summed E-state index contributed by atoms with van der Waals surface area (Å²) >= 11 is 0. The zero-order chi connectivity index (χ0) is 14.4. The van der Waals surface area contributed by atoms with Crippen molar-refractivity contribution in [1.29, 1.82) is 0 Å². The van der Waals surface area contributed by atoms with Gasteiger partial charge in [0.2, 0.25) is 5.95 Å². The second kappa shape index (κ2) is 4.37. The van der Waals surface area contributed by atoms with Gasteiger partial charge in [0.1, 0.15) is 5.76 Å². The third-order valence-corrected chi connectivity index (χ3v) is 3.89. The lowest BCUT2D eigenvalue weighted by atomic mass is 10.1. The van der Waals surface area contributed by atoms with Crippen molar-refractivity contribution < 1.29 is 4.52 Å². The van der Waals surface area contributed by atoms with Gasteiger partial charge in [-0.25, -0.2) is 4.98 Å². The fraction of sp³-hybridized carbons (Fsp3) is 0.333. The van der Waals surface area contributed by atoms with Gasteiger partial charge < -0.3 is 14.8 Å². The van der Waals surface area contributed by atoms with Crippen LogP contribution in [0.15, 0.2) is 16.7 Å². The average molecular weight is 270 g/mol. The number of hydrogen-bond donors (Lipinski definition) is 1. The first-order chi connectivity index (χ1) is 9.47. The molecule has 0 amide bonds. The summed E-state index contributed by atoms with van der Waals surface area (Å²) in [5.74, 6) is 1.34. The van der Waals surface area contributed by atoms with Crippen LogP contribution in [0, 0.1) is 27.7 Å². The molecule has 0 aliphatic rings. The molecule has 0 saturated carbocycles. The summed E-state index contributed by atoms with van der Waals surface area (Å²) in [6.45, 7) is 8.67. The van der Waals surface area contributed by atoms with Crippen molar-refractivity contribution in [2.45, 2.75) is 34.2 Å². The zero-order valence-corrected chi connectivity index (χ0v) is 12.2. The Kier molecular flexibility index (Phi) is 2.78. The van der Waals surface area contributed by atoms with Crippen molar-refractivity contribution in [3.63, 3.8) is 0 Å². The molecule has 0 radical (unpaired) electrons. The number of anilines is 1. The van der Waals surface area contributed by atoms with Crippen LogP contribution in [0.25, 0.3) is 11.0 Å². The van der Waals surface area contributed by atoms with Crippen molar-refractivity contribution in [1.82, 2.24) is 14.7 Å². The zero-order valence-electron chi connectivity index (χ0n) is 12.2. The molecule has 2 aromatic heterocycles. The molecule has 2 N–H and O–H groups in total. The van der Waals surface area contributed by atoms with Gasteiger partial charge >= 0.3 is 0 Å². The average Bonchev–Trinajstić information content (AvgIpc) is 2.85. The Balaban J connectivity index is 2.16. The number of aromatic nitrogens is 3. The van der Waals surface area contributed by atoms with Gasteiger partial charge in [-0.2, -0.15) is 0 Å². The van der Waals surface area contributed by atoms with Crippen LogP contribution >= 0.6 is 0 Å². The van der Waals surface area contributed by atoms with E-state index in [0.29, 0.717) is 12.5 Å². The maximum Gasteiger partial charge on any atom is 0.201 e. The number of hydrogen-bond acceptors (Lipinski definition) is 4. The van der Waals surface area contributed by atoms with E-state index in [2.05, 4.69) is 36.1 Å². The molecule has 0 bridgehead atoms. The van der Waals surface area contributed by atoms with Gasteiger partial charge in [0.05, 0.1) is 23.3 Å². The first-order valence-corrected chi connectivity index (χ1v) is 6.62. The quantitative estimate of drug-likeness (QED) is 0.777. The molecule has 0 fully saturated rings. The standard InChI is InChI=1S/C15H18N4O/c1-8-5-13-14(6-9(8)2)19(15(16)17-13)7-12-10(3)18-20-11(12)4/h5-6H,7H2,1-4H3,(H2,16,17). The Labute approximate surface area is 117 Å². The van der Waals surface area contributed by atoms with Crippen LogP contribution in [0.1, 0.15) is 28.1 Å². The lowest BCUT2D eigenvalue weighted by Crippen LogP contribution is -2.06. The van der Waals surface area contributed by atoms with E-state index in [9.17, 15) is 0 Å². The van der Waals surface area contributed by atoms with Crippen LogP contribution in [0.2, 0.25) is 0 Å². The number of fused-ring (bicyclic) bond motifs is 1. The highest BCUT2D eigenvalue weighted by Gasteiger charge is 2.15. The molecule has 2 heterocycles. The minimum Gasteiger partial charge on any atom is -0.369 e. The summed E-state index contributed by atoms with van der Waals surface area (Å²) in [7, 11) is 0. The number of nitrogens with two attached hydrogens (primary N) is 1. The van der Waals surface area contributed by atoms with Gasteiger partial charge in [0.15, 0.2) is 0 Å². The van der Waals surface area contributed by atoms with Crippen molar-refractivity contribution in [2.24, 2.45) is 0 Å². The molecular formula is C15H18N4O. The molecule has 5 nitrogen and oxygen atoms in total. The van der Waals surface area contributed by atoms with Crippen molar-refractivity contribution in [3.8, 4) is 0 Å². The van der Waals surface area contributed by atoms with Crippen molar-refractivity contribution in [3.05, 3.63) is 40.3 Å². The monoisotopic (exact) mass is 270 g/mol. The molecular weight excluding hydrogens is 252 g/mol. The molecule has 0 aliphatic heterocycles. The van der Waals surface area contributed by atoms with E-state index in [1.54, 1.807) is 0 Å². The highest BCUT2D eigenvalue weighted by Crippen LogP contribution is 2.24. The Morgan fingerprint density at radius 1 is 1.15 bits per heavy atom. The van der Waals surface area contributed by atoms with E-state index in [0.717, 1.165) is 28.1 Å². The first kappa shape index (κ1) is 12.7. The maximum atomic E-state index is 6.07. The lowest BCUT2D eigenvalue weighted by Gasteiger charge is -2.07. The fourth-order valence-electron chi connectivity index (χ4n) is 2.45. The Bertz CT molecular complexity index is 778. The van der Waals surface area contributed by atoms with E-state index in [1.165, 1.54) is 11.1 Å². The minimum atomic E-state index is 0.519. The molecule has 0 saturated heterocycles. The number of benzene rings is 1. The summed E-state index contributed by atoms with van der Waals surface area (Å²) in [6.07, 6.45) is 0. The molecule has 20 heavy (non-hydrogen) atoms. The highest BCUT2D eigenvalue weighted by molar-refractivity contribution is 5.80. The second-order valence-corrected chi connectivity index (χ2v) is 5.28. The van der Waals surface area contributed by atoms with Crippen LogP contribution in [-0.4, -0.2) is 14.7 Å². The van der Waals surface area contributed by atoms with Crippen LogP contribution in [0.5, 0.6) is 0 Å². The normalized spacial score (nSPS) is 11.4. The van der Waals surface area contributed by atoms with Crippen LogP contribution < -0.4 is 5.73 Å². The van der Waals surface area contributed by atoms with Crippen molar-refractivity contribution >= 4 is 17.0 Å². The van der Waals surface area contributed by atoms with Gasteiger partial charge in [0.25, 0.3) is 0 Å². The Morgan fingerprint density at radius 2 is 1.85 bits per heavy atom. The summed E-state index contributed by atoms with van der Waals surface area (Å²) in [5.41, 5.74) is 12.5. The number of aryl methyl sites for hydroxylation is 4. The third kappa shape index (κ3) is 1.86. The first-order valence-electron chi connectivity index (χ1n) is 6.62. The van der Waals surface area contributed by atoms with E-state index in [4.69, 9.17) is 10.3 Å². The van der Waals surface area contributed by atoms with E-state index in [1.807, 2.05) is 18.4 Å². The predicted octanol–water partition coefficient (Wildman–Crippen LogP) is 2.89. The second-order valence-electron chi connectivity index (χ2n) is 5.28. The predicted molar refractivity (Wildman–Crippen MR) is 78.7 cm³/mol. The fourth-order valence-corrected chi connectivity index (χ4v) is 2.45. The SMILES string of the molecule is Cc1cc2nc(N)n(Cc3c(C)noc3C)c2cc1C. The molecule has 3 rings (SSSR count). The Morgan fingerprint density at radius 3 is 2.50 bits per heavy atom. The number of rotatable bonds is 2. The summed E-state index contributed by atoms with van der Waals surface area (Å²) < 4.78 is 7.22. The summed E-state index contributed by atoms with van der Waals surface area (Å²) in [4.78, 5) is 4.44. The molecule has 0 unspecified atom stereocenters. The van der Waals surface area contributed by atoms with Crippen molar-refractivity contribution in [2.75, 3.05) is 5.73 Å². The van der Waals surface area contributed by atoms with Gasteiger partial charge in [-0.3, -0.25) is 0 Å². The largest absolute Gasteiger partial charge is 0.369 e. The van der Waals surface area contributed by atoms with Gasteiger partial charge in [-0.1, -0.05) is 5.16 Å². The Hall–Kier alpha value is -2.30. The van der Waals surface area contributed by atoms with Crippen LogP contribution in [-0.2, 0) is 6.54 Å². The smallest absolute Gasteiger partial charge is 0.201 e. The summed E-state index contributed by atoms with van der Waals surface area (Å²) in [5, 5.41) is 3.99. The van der Waals surface area contributed by atoms with Crippen LogP contribution in [0.4, 0.5) is 5.95 Å². The lowest BCUT2D eigenvalue weighted by molar-refractivity contribution is 0.392. The van der Waals surface area contributed by atoms with E-state index < -0.39 is 0 Å². The topological polar surface area (TPSA) is 69.9 Å². The molecule has 0 atom stereocenters.